The van der Waals surface area contributed by atoms with Crippen LogP contribution in [0.15, 0.2) is 53.4 Å². The van der Waals surface area contributed by atoms with Gasteiger partial charge < -0.3 is 10.1 Å². The summed E-state index contributed by atoms with van der Waals surface area (Å²) < 4.78 is 32.4. The van der Waals surface area contributed by atoms with Crippen LogP contribution in [0.4, 0.5) is 0 Å². The van der Waals surface area contributed by atoms with Gasteiger partial charge in [-0.15, -0.1) is 0 Å². The first kappa shape index (κ1) is 20.6. The summed E-state index contributed by atoms with van der Waals surface area (Å²) in [5.41, 5.74) is 0.916. The van der Waals surface area contributed by atoms with Gasteiger partial charge in [-0.3, -0.25) is 4.79 Å². The zero-order valence-corrected chi connectivity index (χ0v) is 17.3. The van der Waals surface area contributed by atoms with Crippen molar-refractivity contribution in [1.82, 2.24) is 9.62 Å². The fourth-order valence-corrected chi connectivity index (χ4v) is 5.10. The van der Waals surface area contributed by atoms with Gasteiger partial charge in [-0.1, -0.05) is 23.7 Å². The highest BCUT2D eigenvalue weighted by Gasteiger charge is 2.39. The Morgan fingerprint density at radius 3 is 2.43 bits per heavy atom. The van der Waals surface area contributed by atoms with E-state index in [-0.39, 0.29) is 16.8 Å². The summed E-state index contributed by atoms with van der Waals surface area (Å²) in [5.74, 6) is 0.441. The monoisotopic (exact) mass is 422 g/mol. The van der Waals surface area contributed by atoms with Gasteiger partial charge >= 0.3 is 0 Å². The van der Waals surface area contributed by atoms with Crippen molar-refractivity contribution < 1.29 is 17.9 Å². The lowest BCUT2D eigenvalue weighted by atomic mass is 10.1. The average molecular weight is 423 g/mol. The summed E-state index contributed by atoms with van der Waals surface area (Å²) in [6.45, 7) is 2.19. The Morgan fingerprint density at radius 2 is 1.82 bits per heavy atom. The molecule has 1 amide bonds. The predicted octanol–water partition coefficient (Wildman–Crippen LogP) is 3.38. The molecule has 3 rings (SSSR count). The van der Waals surface area contributed by atoms with Crippen LogP contribution in [0.1, 0.15) is 31.4 Å². The molecule has 1 saturated heterocycles. The van der Waals surface area contributed by atoms with E-state index >= 15 is 0 Å². The highest BCUT2D eigenvalue weighted by molar-refractivity contribution is 7.89. The second-order valence-electron chi connectivity index (χ2n) is 6.73. The summed E-state index contributed by atoms with van der Waals surface area (Å²) in [6.07, 6.45) is 1.13. The number of nitrogens with zero attached hydrogens (tertiary/aromatic N) is 1. The van der Waals surface area contributed by atoms with Crippen LogP contribution in [0, 0.1) is 0 Å². The zero-order chi connectivity index (χ0) is 20.3. The van der Waals surface area contributed by atoms with Gasteiger partial charge in [0.05, 0.1) is 18.0 Å². The summed E-state index contributed by atoms with van der Waals surface area (Å²) in [5, 5.41) is 3.39. The van der Waals surface area contributed by atoms with Gasteiger partial charge in [0.25, 0.3) is 0 Å². The number of sulfonamides is 1. The number of benzene rings is 2. The van der Waals surface area contributed by atoms with Gasteiger partial charge in [0.1, 0.15) is 11.8 Å². The number of hydrogen-bond acceptors (Lipinski definition) is 4. The quantitative estimate of drug-likeness (QED) is 0.774. The summed E-state index contributed by atoms with van der Waals surface area (Å²) in [4.78, 5) is 13.0. The number of methoxy groups -OCH3 is 1. The maximum Gasteiger partial charge on any atom is 0.243 e. The number of halogens is 1. The summed E-state index contributed by atoms with van der Waals surface area (Å²) in [6, 6.07) is 12.4. The third kappa shape index (κ3) is 4.32. The molecular weight excluding hydrogens is 400 g/mol. The van der Waals surface area contributed by atoms with Crippen molar-refractivity contribution >= 4 is 27.5 Å². The second-order valence-corrected chi connectivity index (χ2v) is 9.06. The molecule has 2 atom stereocenters. The number of hydrogen-bond donors (Lipinski definition) is 1. The Morgan fingerprint density at radius 1 is 1.18 bits per heavy atom. The first-order valence-electron chi connectivity index (χ1n) is 9.04. The molecule has 150 valence electrons. The Kier molecular flexibility index (Phi) is 6.27. The highest BCUT2D eigenvalue weighted by atomic mass is 35.5. The van der Waals surface area contributed by atoms with E-state index < -0.39 is 16.1 Å². The van der Waals surface area contributed by atoms with E-state index in [1.54, 1.807) is 7.11 Å². The van der Waals surface area contributed by atoms with Gasteiger partial charge in [-0.05, 0) is 61.7 Å². The fraction of sp³-hybridized carbons (Fsp3) is 0.350. The molecule has 0 radical (unpaired) electrons. The zero-order valence-electron chi connectivity index (χ0n) is 15.8. The topological polar surface area (TPSA) is 75.7 Å². The van der Waals surface area contributed by atoms with Crippen LogP contribution in [0.25, 0.3) is 0 Å². The van der Waals surface area contributed by atoms with Crippen molar-refractivity contribution in [1.29, 1.82) is 0 Å². The van der Waals surface area contributed by atoms with Crippen molar-refractivity contribution in [2.24, 2.45) is 0 Å². The van der Waals surface area contributed by atoms with Crippen LogP contribution in [0.3, 0.4) is 0 Å². The van der Waals surface area contributed by atoms with E-state index in [0.717, 1.165) is 11.3 Å². The lowest BCUT2D eigenvalue weighted by Gasteiger charge is -2.25. The smallest absolute Gasteiger partial charge is 0.243 e. The number of carbonyl (C=O) groups is 1. The van der Waals surface area contributed by atoms with Crippen LogP contribution < -0.4 is 10.1 Å². The molecule has 6 nitrogen and oxygen atoms in total. The van der Waals surface area contributed by atoms with E-state index in [0.29, 0.717) is 24.4 Å². The van der Waals surface area contributed by atoms with Crippen LogP contribution in [0.5, 0.6) is 5.75 Å². The minimum Gasteiger partial charge on any atom is -0.497 e. The van der Waals surface area contributed by atoms with Crippen LogP contribution in [0.2, 0.25) is 5.02 Å². The van der Waals surface area contributed by atoms with Crippen molar-refractivity contribution in [3.63, 3.8) is 0 Å². The van der Waals surface area contributed by atoms with Gasteiger partial charge in [0, 0.05) is 11.6 Å². The maximum atomic E-state index is 13.0. The van der Waals surface area contributed by atoms with Crippen molar-refractivity contribution in [2.45, 2.75) is 36.7 Å². The first-order valence-corrected chi connectivity index (χ1v) is 10.9. The SMILES string of the molecule is COc1ccc(C(C)NC(=O)C2CCCN2S(=O)(=O)c2ccc(Cl)cc2)cc1. The lowest BCUT2D eigenvalue weighted by Crippen LogP contribution is -2.46. The average Bonchev–Trinajstić information content (AvgIpc) is 3.19. The normalized spacial score (nSPS) is 18.6. The van der Waals surface area contributed by atoms with E-state index in [2.05, 4.69) is 5.32 Å². The van der Waals surface area contributed by atoms with Crippen molar-refractivity contribution in [3.05, 3.63) is 59.1 Å². The van der Waals surface area contributed by atoms with Gasteiger partial charge in [-0.25, -0.2) is 8.42 Å². The molecule has 1 N–H and O–H groups in total. The van der Waals surface area contributed by atoms with Crippen molar-refractivity contribution in [2.75, 3.05) is 13.7 Å². The van der Waals surface area contributed by atoms with E-state index in [1.165, 1.54) is 28.6 Å². The minimum absolute atomic E-state index is 0.139. The molecule has 1 heterocycles. The Bertz CT molecular complexity index is 930. The summed E-state index contributed by atoms with van der Waals surface area (Å²) >= 11 is 5.85. The molecule has 0 aliphatic carbocycles. The molecule has 8 heteroatoms. The van der Waals surface area contributed by atoms with Gasteiger partial charge in [0.2, 0.25) is 15.9 Å². The maximum absolute atomic E-state index is 13.0. The van der Waals surface area contributed by atoms with Crippen LogP contribution >= 0.6 is 11.6 Å². The largest absolute Gasteiger partial charge is 0.497 e. The molecule has 1 fully saturated rings. The van der Waals surface area contributed by atoms with E-state index in [1.807, 2.05) is 31.2 Å². The van der Waals surface area contributed by atoms with E-state index in [4.69, 9.17) is 16.3 Å². The summed E-state index contributed by atoms with van der Waals surface area (Å²) in [7, 11) is -2.17. The number of carbonyl (C=O) groups excluding carboxylic acids is 1. The second kappa shape index (κ2) is 8.51. The first-order chi connectivity index (χ1) is 13.3. The number of amides is 1. The van der Waals surface area contributed by atoms with Gasteiger partial charge in [0.15, 0.2) is 0 Å². The lowest BCUT2D eigenvalue weighted by molar-refractivity contribution is -0.124. The predicted molar refractivity (Wildman–Crippen MR) is 108 cm³/mol. The Labute approximate surface area is 170 Å². The molecule has 0 bridgehead atoms. The van der Waals surface area contributed by atoms with Crippen LogP contribution in [-0.4, -0.2) is 38.3 Å². The molecule has 1 aliphatic heterocycles. The molecule has 28 heavy (non-hydrogen) atoms. The minimum atomic E-state index is -3.76. The third-order valence-electron chi connectivity index (χ3n) is 4.90. The molecule has 1 aliphatic rings. The molecule has 0 saturated carbocycles. The molecule has 2 aromatic rings. The molecule has 2 aromatic carbocycles. The van der Waals surface area contributed by atoms with Crippen molar-refractivity contribution in [3.8, 4) is 5.75 Å². The van der Waals surface area contributed by atoms with Gasteiger partial charge in [-0.2, -0.15) is 4.31 Å². The fourth-order valence-electron chi connectivity index (χ4n) is 3.32. The molecule has 0 spiro atoms. The number of nitrogens with one attached hydrogen (secondary N) is 1. The van der Waals surface area contributed by atoms with E-state index in [9.17, 15) is 13.2 Å². The Balaban J connectivity index is 1.74. The van der Waals surface area contributed by atoms with Crippen LogP contribution in [-0.2, 0) is 14.8 Å². The molecule has 2 unspecified atom stereocenters. The standard InChI is InChI=1S/C20H23ClN2O4S/c1-14(15-5-9-17(27-2)10-6-15)22-20(24)19-4-3-13-23(19)28(25,26)18-11-7-16(21)8-12-18/h5-12,14,19H,3-4,13H2,1-2H3,(H,22,24). The molecule has 0 aromatic heterocycles. The number of ether oxygens (including phenoxy) is 1. The Hall–Kier alpha value is -2.09. The molecular formula is C20H23ClN2O4S. The third-order valence-corrected chi connectivity index (χ3v) is 7.08. The number of rotatable bonds is 6. The highest BCUT2D eigenvalue weighted by Crippen LogP contribution is 2.28.